The summed E-state index contributed by atoms with van der Waals surface area (Å²) in [7, 11) is 0. The highest BCUT2D eigenvalue weighted by Gasteiger charge is 2.01. The van der Waals surface area contributed by atoms with Crippen molar-refractivity contribution < 1.29 is 4.39 Å². The Morgan fingerprint density at radius 2 is 1.82 bits per heavy atom. The zero-order chi connectivity index (χ0) is 12.1. The van der Waals surface area contributed by atoms with Crippen LogP contribution in [0.2, 0.25) is 5.02 Å². The molecule has 17 heavy (non-hydrogen) atoms. The summed E-state index contributed by atoms with van der Waals surface area (Å²) >= 11 is 5.67. The average Bonchev–Trinajstić information content (AvgIpc) is 2.33. The summed E-state index contributed by atoms with van der Waals surface area (Å²) in [4.78, 5) is 0. The Morgan fingerprint density at radius 1 is 1.06 bits per heavy atom. The van der Waals surface area contributed by atoms with Gasteiger partial charge in [-0.05, 0) is 24.3 Å². The highest BCUT2D eigenvalue weighted by Crippen LogP contribution is 2.14. The van der Waals surface area contributed by atoms with Gasteiger partial charge in [-0.25, -0.2) is 9.82 Å². The van der Waals surface area contributed by atoms with Gasteiger partial charge in [-0.15, -0.1) is 0 Å². The van der Waals surface area contributed by atoms with Gasteiger partial charge in [0, 0.05) is 22.8 Å². The van der Waals surface area contributed by atoms with Crippen LogP contribution in [0.5, 0.6) is 0 Å². The van der Waals surface area contributed by atoms with Crippen LogP contribution in [-0.2, 0) is 6.54 Å². The molecule has 0 amide bonds. The molecular formula is C13H12ClFN2. The van der Waals surface area contributed by atoms with Crippen LogP contribution in [0.3, 0.4) is 0 Å². The smallest absolute Gasteiger partial charge is 0.129 e. The van der Waals surface area contributed by atoms with Crippen molar-refractivity contribution >= 4 is 17.3 Å². The van der Waals surface area contributed by atoms with Crippen LogP contribution < -0.4 is 10.9 Å². The van der Waals surface area contributed by atoms with E-state index in [1.807, 2.05) is 30.3 Å². The number of benzene rings is 2. The number of rotatable bonds is 4. The molecule has 88 valence electrons. The fraction of sp³-hybridized carbons (Fsp3) is 0.0769. The van der Waals surface area contributed by atoms with Crippen molar-refractivity contribution in [2.45, 2.75) is 6.54 Å². The predicted molar refractivity (Wildman–Crippen MR) is 68.3 cm³/mol. The Bertz CT molecular complexity index is 488. The number of hydrazine groups is 1. The van der Waals surface area contributed by atoms with Crippen molar-refractivity contribution in [3.05, 3.63) is 64.9 Å². The molecule has 2 aromatic carbocycles. The second kappa shape index (κ2) is 5.66. The van der Waals surface area contributed by atoms with Crippen LogP contribution >= 0.6 is 11.6 Å². The lowest BCUT2D eigenvalue weighted by molar-refractivity contribution is 0.600. The van der Waals surface area contributed by atoms with Gasteiger partial charge in [0.05, 0.1) is 0 Å². The number of halogens is 2. The van der Waals surface area contributed by atoms with E-state index in [0.29, 0.717) is 17.1 Å². The molecule has 0 aromatic heterocycles. The van der Waals surface area contributed by atoms with Crippen molar-refractivity contribution in [1.82, 2.24) is 5.43 Å². The van der Waals surface area contributed by atoms with E-state index in [9.17, 15) is 4.39 Å². The Kier molecular flexibility index (Phi) is 3.96. The van der Waals surface area contributed by atoms with Crippen molar-refractivity contribution in [3.63, 3.8) is 0 Å². The molecule has 0 aliphatic carbocycles. The Morgan fingerprint density at radius 3 is 2.53 bits per heavy atom. The maximum absolute atomic E-state index is 13.4. The number of anilines is 1. The molecule has 0 heterocycles. The molecule has 0 unspecified atom stereocenters. The first-order chi connectivity index (χ1) is 8.25. The van der Waals surface area contributed by atoms with Crippen LogP contribution in [0.4, 0.5) is 10.1 Å². The third-order valence-corrected chi connectivity index (χ3v) is 2.54. The standard InChI is InChI=1S/C13H12ClFN2/c14-11-7-6-10(13(15)8-11)9-16-17-12-4-2-1-3-5-12/h1-8,16-17H,9H2. The van der Waals surface area contributed by atoms with Gasteiger partial charge in [0.25, 0.3) is 0 Å². The molecule has 0 radical (unpaired) electrons. The topological polar surface area (TPSA) is 24.1 Å². The zero-order valence-electron chi connectivity index (χ0n) is 9.08. The first kappa shape index (κ1) is 11.9. The third kappa shape index (κ3) is 3.44. The normalized spacial score (nSPS) is 10.2. The molecule has 0 aliphatic heterocycles. The SMILES string of the molecule is Fc1cc(Cl)ccc1CNNc1ccccc1. The summed E-state index contributed by atoms with van der Waals surface area (Å²) in [6, 6.07) is 14.3. The lowest BCUT2D eigenvalue weighted by atomic mass is 10.2. The Labute approximate surface area is 104 Å². The van der Waals surface area contributed by atoms with Crippen molar-refractivity contribution in [1.29, 1.82) is 0 Å². The van der Waals surface area contributed by atoms with Gasteiger partial charge >= 0.3 is 0 Å². The molecular weight excluding hydrogens is 239 g/mol. The van der Waals surface area contributed by atoms with Crippen LogP contribution in [0.15, 0.2) is 48.5 Å². The average molecular weight is 251 g/mol. The Hall–Kier alpha value is -1.58. The summed E-state index contributed by atoms with van der Waals surface area (Å²) in [6.07, 6.45) is 0. The molecule has 2 N–H and O–H groups in total. The lowest BCUT2D eigenvalue weighted by Crippen LogP contribution is -2.21. The number of nitrogens with one attached hydrogen (secondary N) is 2. The maximum atomic E-state index is 13.4. The van der Waals surface area contributed by atoms with E-state index in [1.165, 1.54) is 6.07 Å². The molecule has 0 spiro atoms. The molecule has 2 rings (SSSR count). The molecule has 0 saturated heterocycles. The minimum atomic E-state index is -0.306. The predicted octanol–water partition coefficient (Wildman–Crippen LogP) is 3.60. The molecule has 0 aliphatic rings. The van der Waals surface area contributed by atoms with Gasteiger partial charge in [0.2, 0.25) is 0 Å². The first-order valence-corrected chi connectivity index (χ1v) is 5.61. The molecule has 2 nitrogen and oxygen atoms in total. The minimum Gasteiger partial charge on any atom is -0.321 e. The van der Waals surface area contributed by atoms with E-state index in [0.717, 1.165) is 5.69 Å². The van der Waals surface area contributed by atoms with E-state index in [2.05, 4.69) is 10.9 Å². The maximum Gasteiger partial charge on any atom is 0.129 e. The fourth-order valence-electron chi connectivity index (χ4n) is 1.43. The number of para-hydroxylation sites is 1. The zero-order valence-corrected chi connectivity index (χ0v) is 9.84. The van der Waals surface area contributed by atoms with E-state index in [-0.39, 0.29) is 5.82 Å². The van der Waals surface area contributed by atoms with Crippen LogP contribution in [0.1, 0.15) is 5.56 Å². The van der Waals surface area contributed by atoms with Gasteiger partial charge in [-0.3, -0.25) is 0 Å². The van der Waals surface area contributed by atoms with Crippen LogP contribution in [0, 0.1) is 5.82 Å². The van der Waals surface area contributed by atoms with Crippen molar-refractivity contribution in [2.75, 3.05) is 5.43 Å². The summed E-state index contributed by atoms with van der Waals surface area (Å²) < 4.78 is 13.4. The minimum absolute atomic E-state index is 0.306. The monoisotopic (exact) mass is 250 g/mol. The summed E-state index contributed by atoms with van der Waals surface area (Å²) in [5.41, 5.74) is 7.43. The van der Waals surface area contributed by atoms with Gasteiger partial charge in [0.15, 0.2) is 0 Å². The summed E-state index contributed by atoms with van der Waals surface area (Å²) in [5.74, 6) is -0.306. The highest BCUT2D eigenvalue weighted by atomic mass is 35.5. The molecule has 0 bridgehead atoms. The van der Waals surface area contributed by atoms with Gasteiger partial charge in [-0.1, -0.05) is 35.9 Å². The van der Waals surface area contributed by atoms with Crippen molar-refractivity contribution in [2.24, 2.45) is 0 Å². The second-order valence-electron chi connectivity index (χ2n) is 3.58. The summed E-state index contributed by atoms with van der Waals surface area (Å²) in [5, 5.41) is 0.405. The molecule has 2 aromatic rings. The van der Waals surface area contributed by atoms with Gasteiger partial charge in [0.1, 0.15) is 5.82 Å². The fourth-order valence-corrected chi connectivity index (χ4v) is 1.59. The molecule has 0 saturated carbocycles. The third-order valence-electron chi connectivity index (χ3n) is 2.30. The Balaban J connectivity index is 1.90. The molecule has 0 atom stereocenters. The highest BCUT2D eigenvalue weighted by molar-refractivity contribution is 6.30. The molecule has 0 fully saturated rings. The van der Waals surface area contributed by atoms with E-state index >= 15 is 0 Å². The second-order valence-corrected chi connectivity index (χ2v) is 4.02. The van der Waals surface area contributed by atoms with Crippen molar-refractivity contribution in [3.8, 4) is 0 Å². The largest absolute Gasteiger partial charge is 0.321 e. The van der Waals surface area contributed by atoms with Crippen LogP contribution in [-0.4, -0.2) is 0 Å². The summed E-state index contributed by atoms with van der Waals surface area (Å²) in [6.45, 7) is 0.387. The van der Waals surface area contributed by atoms with Crippen LogP contribution in [0.25, 0.3) is 0 Å². The first-order valence-electron chi connectivity index (χ1n) is 5.23. The number of hydrogen-bond donors (Lipinski definition) is 2. The number of hydrogen-bond acceptors (Lipinski definition) is 2. The lowest BCUT2D eigenvalue weighted by Gasteiger charge is -2.09. The quantitative estimate of drug-likeness (QED) is 0.811. The van der Waals surface area contributed by atoms with E-state index < -0.39 is 0 Å². The van der Waals surface area contributed by atoms with Gasteiger partial charge < -0.3 is 5.43 Å². The van der Waals surface area contributed by atoms with E-state index in [4.69, 9.17) is 11.6 Å². The van der Waals surface area contributed by atoms with Gasteiger partial charge in [-0.2, -0.15) is 0 Å². The van der Waals surface area contributed by atoms with E-state index in [1.54, 1.807) is 12.1 Å². The molecule has 4 heteroatoms.